The number of thioether (sulfide) groups is 1. The van der Waals surface area contributed by atoms with Crippen molar-refractivity contribution in [2.75, 3.05) is 12.4 Å². The lowest BCUT2D eigenvalue weighted by Crippen LogP contribution is -2.36. The minimum absolute atomic E-state index is 0.127. The molecule has 1 aliphatic carbocycles. The summed E-state index contributed by atoms with van der Waals surface area (Å²) in [5.74, 6) is 3.00. The number of amides is 1. The second kappa shape index (κ2) is 8.86. The minimum atomic E-state index is -0.295. The van der Waals surface area contributed by atoms with Gasteiger partial charge in [0.05, 0.1) is 0 Å². The van der Waals surface area contributed by atoms with Crippen molar-refractivity contribution in [1.82, 2.24) is 20.1 Å². The van der Waals surface area contributed by atoms with Crippen LogP contribution in [-0.2, 0) is 11.8 Å². The number of aromatic nitrogens is 3. The minimum Gasteiger partial charge on any atom is -0.485 e. The fraction of sp³-hybridized carbons (Fsp3) is 0.550. The van der Waals surface area contributed by atoms with E-state index in [1.54, 1.807) is 0 Å². The quantitative estimate of drug-likeness (QED) is 0.748. The van der Waals surface area contributed by atoms with Gasteiger partial charge in [-0.1, -0.05) is 43.2 Å². The maximum Gasteiger partial charge on any atom is 0.221 e. The number of carbonyl (C=O) groups excluding carboxylic acids is 1. The molecule has 1 aromatic carbocycles. The molecular weight excluding hydrogens is 376 g/mol. The molecule has 1 saturated carbocycles. The van der Waals surface area contributed by atoms with Crippen LogP contribution in [0.2, 0.25) is 0 Å². The molecule has 1 aliphatic heterocycles. The van der Waals surface area contributed by atoms with Crippen LogP contribution in [0.15, 0.2) is 29.4 Å². The van der Waals surface area contributed by atoms with E-state index in [4.69, 9.17) is 9.47 Å². The maximum atomic E-state index is 12.2. The van der Waals surface area contributed by atoms with E-state index in [1.165, 1.54) is 31.0 Å². The number of nitrogens with one attached hydrogen (secondary N) is 1. The van der Waals surface area contributed by atoms with Gasteiger partial charge >= 0.3 is 0 Å². The van der Waals surface area contributed by atoms with Crippen LogP contribution < -0.4 is 14.8 Å². The second-order valence-electron chi connectivity index (χ2n) is 7.26. The molecule has 2 aliphatic rings. The number of hydrogen-bond acceptors (Lipinski definition) is 6. The molecule has 1 atom stereocenters. The van der Waals surface area contributed by atoms with Crippen LogP contribution >= 0.6 is 11.8 Å². The van der Waals surface area contributed by atoms with Gasteiger partial charge in [-0.15, -0.1) is 10.2 Å². The van der Waals surface area contributed by atoms with E-state index in [-0.39, 0.29) is 12.0 Å². The first-order valence-electron chi connectivity index (χ1n) is 9.90. The van der Waals surface area contributed by atoms with E-state index < -0.39 is 0 Å². The molecule has 0 radical (unpaired) electrons. The third-order valence-electron chi connectivity index (χ3n) is 5.20. The number of hydrogen-bond donors (Lipinski definition) is 1. The first-order valence-corrected chi connectivity index (χ1v) is 10.9. The molecule has 1 aromatic heterocycles. The largest absolute Gasteiger partial charge is 0.485 e. The standard InChI is InChI=1S/C20H26N4O3S/c1-24-19(17-13-26-15-9-5-6-10-16(15)27-17)22-23-20(24)28-12-11-18(25)21-14-7-3-2-4-8-14/h5-6,9-10,14,17H,2-4,7-8,11-13H2,1H3,(H,21,25). The van der Waals surface area contributed by atoms with Gasteiger partial charge in [-0.2, -0.15) is 0 Å². The van der Waals surface area contributed by atoms with E-state index >= 15 is 0 Å². The Morgan fingerprint density at radius 3 is 2.82 bits per heavy atom. The van der Waals surface area contributed by atoms with Crippen molar-refractivity contribution in [2.45, 2.75) is 55.8 Å². The van der Waals surface area contributed by atoms with Crippen LogP contribution in [0.3, 0.4) is 0 Å². The van der Waals surface area contributed by atoms with Crippen molar-refractivity contribution in [2.24, 2.45) is 7.05 Å². The molecule has 0 spiro atoms. The summed E-state index contributed by atoms with van der Waals surface area (Å²) in [6.07, 6.45) is 6.14. The highest BCUT2D eigenvalue weighted by atomic mass is 32.2. The number of carbonyl (C=O) groups is 1. The lowest BCUT2D eigenvalue weighted by molar-refractivity contribution is -0.121. The first kappa shape index (κ1) is 19.1. The summed E-state index contributed by atoms with van der Waals surface area (Å²) in [6.45, 7) is 0.400. The van der Waals surface area contributed by atoms with Crippen LogP contribution in [0.5, 0.6) is 11.5 Å². The molecule has 1 amide bonds. The highest BCUT2D eigenvalue weighted by Gasteiger charge is 2.27. The van der Waals surface area contributed by atoms with Crippen molar-refractivity contribution in [3.8, 4) is 11.5 Å². The summed E-state index contributed by atoms with van der Waals surface area (Å²) in [6, 6.07) is 7.98. The molecule has 1 unspecified atom stereocenters. The van der Waals surface area contributed by atoms with E-state index in [9.17, 15) is 4.79 Å². The SMILES string of the molecule is Cn1c(SCCC(=O)NC2CCCCC2)nnc1C1COc2ccccc2O1. The average molecular weight is 403 g/mol. The van der Waals surface area contributed by atoms with E-state index in [2.05, 4.69) is 15.5 Å². The third-order valence-corrected chi connectivity index (χ3v) is 6.22. The van der Waals surface area contributed by atoms with Crippen molar-refractivity contribution in [3.63, 3.8) is 0 Å². The zero-order valence-corrected chi connectivity index (χ0v) is 16.9. The fourth-order valence-electron chi connectivity index (χ4n) is 3.66. The zero-order chi connectivity index (χ0) is 19.3. The summed E-state index contributed by atoms with van der Waals surface area (Å²) in [4.78, 5) is 12.2. The van der Waals surface area contributed by atoms with Crippen LogP contribution in [-0.4, -0.2) is 39.1 Å². The van der Waals surface area contributed by atoms with Crippen LogP contribution in [0, 0.1) is 0 Å². The van der Waals surface area contributed by atoms with Crippen LogP contribution in [0.4, 0.5) is 0 Å². The predicted octanol–water partition coefficient (Wildman–Crippen LogP) is 3.26. The Morgan fingerprint density at radius 2 is 2.00 bits per heavy atom. The Labute approximate surface area is 169 Å². The predicted molar refractivity (Wildman–Crippen MR) is 107 cm³/mol. The monoisotopic (exact) mass is 402 g/mol. The van der Waals surface area contributed by atoms with Crippen molar-refractivity contribution in [3.05, 3.63) is 30.1 Å². The Morgan fingerprint density at radius 1 is 1.21 bits per heavy atom. The summed E-state index contributed by atoms with van der Waals surface area (Å²) in [5, 5.41) is 12.5. The Bertz CT molecular complexity index is 820. The maximum absolute atomic E-state index is 12.2. The van der Waals surface area contributed by atoms with Gasteiger partial charge in [0.15, 0.2) is 28.6 Å². The molecule has 2 heterocycles. The Kier molecular flexibility index (Phi) is 6.04. The van der Waals surface area contributed by atoms with Crippen LogP contribution in [0.25, 0.3) is 0 Å². The van der Waals surface area contributed by atoms with Crippen LogP contribution in [0.1, 0.15) is 50.5 Å². The summed E-state index contributed by atoms with van der Waals surface area (Å²) in [7, 11) is 1.92. The van der Waals surface area contributed by atoms with Gasteiger partial charge in [-0.25, -0.2) is 0 Å². The van der Waals surface area contributed by atoms with E-state index in [1.807, 2.05) is 35.9 Å². The number of ether oxygens (including phenoxy) is 2. The molecule has 28 heavy (non-hydrogen) atoms. The number of fused-ring (bicyclic) bond motifs is 1. The van der Waals surface area contributed by atoms with Gasteiger partial charge in [0.1, 0.15) is 6.61 Å². The van der Waals surface area contributed by atoms with Gasteiger partial charge in [0.25, 0.3) is 0 Å². The lowest BCUT2D eigenvalue weighted by Gasteiger charge is -2.25. The smallest absolute Gasteiger partial charge is 0.221 e. The number of nitrogens with zero attached hydrogens (tertiary/aromatic N) is 3. The molecule has 1 fully saturated rings. The van der Waals surface area contributed by atoms with Gasteiger partial charge < -0.3 is 19.4 Å². The summed E-state index contributed by atoms with van der Waals surface area (Å²) >= 11 is 1.54. The van der Waals surface area contributed by atoms with Gasteiger partial charge in [-0.05, 0) is 25.0 Å². The normalized spacial score (nSPS) is 19.4. The highest BCUT2D eigenvalue weighted by molar-refractivity contribution is 7.99. The van der Waals surface area contributed by atoms with Crippen molar-refractivity contribution in [1.29, 1.82) is 0 Å². The number of rotatable bonds is 6. The topological polar surface area (TPSA) is 78.3 Å². The van der Waals surface area contributed by atoms with E-state index in [0.717, 1.165) is 35.3 Å². The molecule has 0 bridgehead atoms. The molecule has 2 aromatic rings. The summed E-state index contributed by atoms with van der Waals surface area (Å²) < 4.78 is 13.7. The molecule has 4 rings (SSSR count). The van der Waals surface area contributed by atoms with Crippen molar-refractivity contribution >= 4 is 17.7 Å². The zero-order valence-electron chi connectivity index (χ0n) is 16.1. The third kappa shape index (κ3) is 4.43. The fourth-order valence-corrected chi connectivity index (χ4v) is 4.52. The summed E-state index contributed by atoms with van der Waals surface area (Å²) in [5.41, 5.74) is 0. The molecule has 1 N–H and O–H groups in total. The lowest BCUT2D eigenvalue weighted by atomic mass is 9.95. The first-order chi connectivity index (χ1) is 13.7. The Balaban J connectivity index is 1.28. The van der Waals surface area contributed by atoms with Gasteiger partial charge in [0, 0.05) is 25.3 Å². The number of para-hydroxylation sites is 2. The molecule has 0 saturated heterocycles. The molecule has 150 valence electrons. The number of benzene rings is 1. The second-order valence-corrected chi connectivity index (χ2v) is 8.33. The average Bonchev–Trinajstić information content (AvgIpc) is 3.09. The highest BCUT2D eigenvalue weighted by Crippen LogP contribution is 2.35. The molecular formula is C20H26N4O3S. The van der Waals surface area contributed by atoms with Gasteiger partial charge in [0.2, 0.25) is 5.91 Å². The Hall–Kier alpha value is -2.22. The van der Waals surface area contributed by atoms with Crippen molar-refractivity contribution < 1.29 is 14.3 Å². The molecule has 8 heteroatoms. The van der Waals surface area contributed by atoms with E-state index in [0.29, 0.717) is 24.8 Å². The molecule has 7 nitrogen and oxygen atoms in total. The van der Waals surface area contributed by atoms with Gasteiger partial charge in [-0.3, -0.25) is 4.79 Å².